The predicted molar refractivity (Wildman–Crippen MR) is 77.1 cm³/mol. The second-order valence-electron chi connectivity index (χ2n) is 3.90. The van der Waals surface area contributed by atoms with Gasteiger partial charge in [-0.3, -0.25) is 19.2 Å². The van der Waals surface area contributed by atoms with Crippen LogP contribution in [0.4, 0.5) is 0 Å². The Morgan fingerprint density at radius 1 is 1.23 bits per heavy atom. The zero-order valence-electron chi connectivity index (χ0n) is 11.2. The number of nitrogens with one attached hydrogen (secondary N) is 2. The van der Waals surface area contributed by atoms with Crippen molar-refractivity contribution < 1.29 is 49.4 Å². The number of hydrogen-bond donors (Lipinski definition) is 6. The Labute approximate surface area is 148 Å². The normalized spacial score (nSPS) is 12.2. The number of carbonyl (C=O) groups is 4. The van der Waals surface area contributed by atoms with Crippen molar-refractivity contribution in [1.82, 2.24) is 10.6 Å². The number of carboxylic acid groups (broad SMARTS) is 2. The topological polar surface area (TPSA) is 159 Å². The predicted octanol–water partition coefficient (Wildman–Crippen LogP) is -1.52. The molecule has 2 atom stereocenters. The number of carbonyl (C=O) groups excluding carboxylic acids is 2. The van der Waals surface area contributed by atoms with Gasteiger partial charge in [-0.1, -0.05) is 0 Å². The first-order valence-corrected chi connectivity index (χ1v) is 9.09. The molecule has 0 aromatic rings. The van der Waals surface area contributed by atoms with Crippen molar-refractivity contribution in [3.8, 4) is 0 Å². The van der Waals surface area contributed by atoms with Gasteiger partial charge in [0.05, 0.1) is 0 Å². The third-order valence-corrected chi connectivity index (χ3v) is 2.61. The molecule has 0 unspecified atom stereocenters. The molecule has 0 heterocycles. The van der Waals surface area contributed by atoms with Crippen molar-refractivity contribution in [2.24, 2.45) is 5.73 Å². The van der Waals surface area contributed by atoms with Crippen LogP contribution >= 0.6 is 21.8 Å². The van der Waals surface area contributed by atoms with Crippen molar-refractivity contribution in [3.05, 3.63) is 0 Å². The molecule has 0 spiro atoms. The number of hydrogen-bond acceptors (Lipinski definition) is 6. The van der Waals surface area contributed by atoms with Crippen LogP contribution in [0, 0.1) is 0 Å². The molecule has 0 bridgehead atoms. The first-order chi connectivity index (χ1) is 10.3. The summed E-state index contributed by atoms with van der Waals surface area (Å²) in [5, 5.41) is 21.4. The van der Waals surface area contributed by atoms with E-state index in [0.29, 0.717) is 0 Å². The average Bonchev–Trinajstić information content (AvgIpc) is 2.49. The summed E-state index contributed by atoms with van der Waals surface area (Å²) < 4.78 is 0. The average molecular weight is 540 g/mol. The minimum atomic E-state index is -1.22. The van der Waals surface area contributed by atoms with E-state index in [9.17, 15) is 19.2 Å². The standard InChI is InChI=1S/C10H17N3O6S.Au.ClH/c11-5(10(18)19)1-2-7(14)13-6(4-20)9(17)12-3-8(15)16;;/h5-6,20H,1-4,11H2,(H,12,17)(H,13,14)(H,15,16)(H,18,19);;1H/q;+1;/p-1/t5-,6-;;/m0../s1. The van der Waals surface area contributed by atoms with Crippen LogP contribution in [0.3, 0.4) is 0 Å². The number of carboxylic acids is 2. The summed E-state index contributed by atoms with van der Waals surface area (Å²) in [6, 6.07) is -2.15. The molecule has 6 N–H and O–H groups in total. The van der Waals surface area contributed by atoms with E-state index in [-0.39, 0.29) is 18.6 Å². The molecule has 0 saturated carbocycles. The Morgan fingerprint density at radius 2 is 1.77 bits per heavy atom. The summed E-state index contributed by atoms with van der Waals surface area (Å²) >= 11 is 5.62. The SMILES string of the molecule is N[C@@H](CCC(=O)N[C@@H](CS)C(=O)NCC(=O)O)C(=O)O.[Cl][Au]. The molecule has 132 valence electrons. The van der Waals surface area contributed by atoms with Gasteiger partial charge >= 0.3 is 41.1 Å². The van der Waals surface area contributed by atoms with Gasteiger partial charge < -0.3 is 26.6 Å². The number of nitrogens with two attached hydrogens (primary N) is 1. The Balaban J connectivity index is 0. The first-order valence-electron chi connectivity index (χ1n) is 5.77. The number of amides is 2. The monoisotopic (exact) mass is 539 g/mol. The van der Waals surface area contributed by atoms with E-state index in [2.05, 4.69) is 32.5 Å². The fourth-order valence-corrected chi connectivity index (χ4v) is 1.41. The van der Waals surface area contributed by atoms with Crippen molar-refractivity contribution >= 4 is 45.6 Å². The van der Waals surface area contributed by atoms with Gasteiger partial charge in [-0.2, -0.15) is 12.6 Å². The molecule has 0 aromatic carbocycles. The van der Waals surface area contributed by atoms with E-state index >= 15 is 0 Å². The second-order valence-corrected chi connectivity index (χ2v) is 4.26. The van der Waals surface area contributed by atoms with E-state index in [0.717, 1.165) is 0 Å². The van der Waals surface area contributed by atoms with Gasteiger partial charge in [0.2, 0.25) is 11.8 Å². The molecule has 9 nitrogen and oxygen atoms in total. The molecule has 0 aliphatic heterocycles. The fourth-order valence-electron chi connectivity index (χ4n) is 1.16. The van der Waals surface area contributed by atoms with Crippen molar-refractivity contribution in [1.29, 1.82) is 0 Å². The summed E-state index contributed by atoms with van der Waals surface area (Å²) in [5.41, 5.74) is 5.23. The second kappa shape index (κ2) is 13.9. The Morgan fingerprint density at radius 3 is 2.18 bits per heavy atom. The third-order valence-electron chi connectivity index (χ3n) is 2.25. The van der Waals surface area contributed by atoms with E-state index in [1.54, 1.807) is 20.0 Å². The number of halogens is 1. The quantitative estimate of drug-likeness (QED) is 0.153. The molecule has 0 aromatic heterocycles. The molecule has 0 aliphatic rings. The van der Waals surface area contributed by atoms with Gasteiger partial charge in [0.1, 0.15) is 18.6 Å². The molecule has 22 heavy (non-hydrogen) atoms. The maximum atomic E-state index is 11.5. The van der Waals surface area contributed by atoms with Crippen LogP contribution in [0.25, 0.3) is 0 Å². The Kier molecular flexibility index (Phi) is 14.8. The van der Waals surface area contributed by atoms with Crippen molar-refractivity contribution in [3.63, 3.8) is 0 Å². The van der Waals surface area contributed by atoms with Gasteiger partial charge in [-0.15, -0.1) is 0 Å². The van der Waals surface area contributed by atoms with E-state index in [1.807, 2.05) is 0 Å². The van der Waals surface area contributed by atoms with Crippen LogP contribution < -0.4 is 16.4 Å². The van der Waals surface area contributed by atoms with Crippen molar-refractivity contribution in [2.75, 3.05) is 12.3 Å². The van der Waals surface area contributed by atoms with E-state index < -0.39 is 42.4 Å². The number of aliphatic carboxylic acids is 2. The molecule has 0 fully saturated rings. The van der Waals surface area contributed by atoms with Gasteiger partial charge in [-0.05, 0) is 6.42 Å². The molecule has 0 radical (unpaired) electrons. The third kappa shape index (κ3) is 11.8. The van der Waals surface area contributed by atoms with Gasteiger partial charge in [-0.25, -0.2) is 0 Å². The summed E-state index contributed by atoms with van der Waals surface area (Å²) in [7, 11) is 4.58. The maximum absolute atomic E-state index is 11.5. The van der Waals surface area contributed by atoms with Crippen LogP contribution in [0.2, 0.25) is 0 Å². The number of thiol groups is 1. The van der Waals surface area contributed by atoms with Crippen LogP contribution in [-0.4, -0.2) is 58.3 Å². The van der Waals surface area contributed by atoms with Gasteiger partial charge in [0, 0.05) is 12.2 Å². The molecule has 12 heteroatoms. The zero-order chi connectivity index (χ0) is 17.7. The van der Waals surface area contributed by atoms with Crippen LogP contribution in [0.1, 0.15) is 12.8 Å². The van der Waals surface area contributed by atoms with Crippen LogP contribution in [0.5, 0.6) is 0 Å². The van der Waals surface area contributed by atoms with E-state index in [4.69, 9.17) is 15.9 Å². The molecular weight excluding hydrogens is 523 g/mol. The first kappa shape index (κ1) is 23.5. The van der Waals surface area contributed by atoms with Crippen molar-refractivity contribution in [2.45, 2.75) is 24.9 Å². The van der Waals surface area contributed by atoms with Gasteiger partial charge in [0.25, 0.3) is 0 Å². The minimum absolute atomic E-state index is 0.0256. The fraction of sp³-hybridized carbons (Fsp3) is 0.600. The molecule has 0 rings (SSSR count). The van der Waals surface area contributed by atoms with E-state index in [1.165, 1.54) is 0 Å². The summed E-state index contributed by atoms with van der Waals surface area (Å²) in [6.07, 6.45) is -0.235. The Bertz CT molecular complexity index is 401. The molecular formula is C10H17AuClN3O6S. The number of rotatable bonds is 9. The van der Waals surface area contributed by atoms with Gasteiger partial charge in [0.15, 0.2) is 0 Å². The zero-order valence-corrected chi connectivity index (χ0v) is 15.0. The Hall–Kier alpha value is -0.780. The van der Waals surface area contributed by atoms with Crippen LogP contribution in [-0.2, 0) is 39.2 Å². The van der Waals surface area contributed by atoms with Crippen LogP contribution in [0.15, 0.2) is 0 Å². The summed E-state index contributed by atoms with van der Waals surface area (Å²) in [5.74, 6) is -3.70. The molecule has 0 aliphatic carbocycles. The molecule has 2 amide bonds. The summed E-state index contributed by atoms with van der Waals surface area (Å²) in [6.45, 7) is -0.567. The molecule has 0 saturated heterocycles. The summed E-state index contributed by atoms with van der Waals surface area (Å²) in [4.78, 5) is 43.7.